The second-order valence-electron chi connectivity index (χ2n) is 12.4. The van der Waals surface area contributed by atoms with Gasteiger partial charge in [-0.15, -0.1) is 0 Å². The molecule has 0 amide bonds. The third-order valence-electron chi connectivity index (χ3n) is 7.13. The molecule has 1 aliphatic heterocycles. The van der Waals surface area contributed by atoms with Crippen molar-refractivity contribution in [2.24, 2.45) is 4.99 Å². The molecule has 2 aromatic carbocycles. The molecule has 0 aliphatic carbocycles. The first-order valence-corrected chi connectivity index (χ1v) is 14.9. The van der Waals surface area contributed by atoms with Gasteiger partial charge in [0.1, 0.15) is 18.1 Å². The van der Waals surface area contributed by atoms with Crippen molar-refractivity contribution in [1.82, 2.24) is 4.57 Å². The minimum absolute atomic E-state index is 0.203. The van der Waals surface area contributed by atoms with Crippen LogP contribution >= 0.6 is 11.3 Å². The Hall–Kier alpha value is -3.91. The Morgan fingerprint density at radius 2 is 1.69 bits per heavy atom. The fourth-order valence-electron chi connectivity index (χ4n) is 5.04. The second kappa shape index (κ2) is 11.8. The van der Waals surface area contributed by atoms with Gasteiger partial charge in [0.05, 0.1) is 28.5 Å². The van der Waals surface area contributed by atoms with Crippen molar-refractivity contribution >= 4 is 23.4 Å². The minimum Gasteiger partial charge on any atom is -0.507 e. The van der Waals surface area contributed by atoms with Crippen LogP contribution < -0.4 is 19.6 Å². The van der Waals surface area contributed by atoms with Gasteiger partial charge in [0.15, 0.2) is 4.80 Å². The molecule has 0 unspecified atom stereocenters. The van der Waals surface area contributed by atoms with E-state index in [-0.39, 0.29) is 28.7 Å². The summed E-state index contributed by atoms with van der Waals surface area (Å²) in [5.41, 5.74) is 3.13. The van der Waals surface area contributed by atoms with Crippen molar-refractivity contribution < 1.29 is 19.4 Å². The van der Waals surface area contributed by atoms with E-state index in [9.17, 15) is 14.7 Å². The Morgan fingerprint density at radius 1 is 1.10 bits per heavy atom. The van der Waals surface area contributed by atoms with E-state index < -0.39 is 12.0 Å². The van der Waals surface area contributed by atoms with E-state index >= 15 is 0 Å². The molecule has 0 bridgehead atoms. The van der Waals surface area contributed by atoms with Gasteiger partial charge in [-0.1, -0.05) is 77.7 Å². The maximum atomic E-state index is 14.1. The van der Waals surface area contributed by atoms with Crippen LogP contribution in [0.15, 0.2) is 70.1 Å². The summed E-state index contributed by atoms with van der Waals surface area (Å²) in [6, 6.07) is 10.5. The third-order valence-corrected chi connectivity index (χ3v) is 8.11. The van der Waals surface area contributed by atoms with Gasteiger partial charge in [0.2, 0.25) is 0 Å². The van der Waals surface area contributed by atoms with Gasteiger partial charge in [0, 0.05) is 11.1 Å². The smallest absolute Gasteiger partial charge is 0.338 e. The van der Waals surface area contributed by atoms with Crippen LogP contribution in [-0.4, -0.2) is 28.9 Å². The largest absolute Gasteiger partial charge is 0.507 e. The van der Waals surface area contributed by atoms with Crippen molar-refractivity contribution in [3.63, 3.8) is 0 Å². The van der Waals surface area contributed by atoms with Crippen LogP contribution in [0.5, 0.6) is 11.5 Å². The van der Waals surface area contributed by atoms with Crippen LogP contribution in [0.25, 0.3) is 6.08 Å². The fraction of sp³-hybridized carbons (Fsp3) is 0.382. The highest BCUT2D eigenvalue weighted by Crippen LogP contribution is 2.40. The van der Waals surface area contributed by atoms with Crippen molar-refractivity contribution in [3.05, 3.63) is 102 Å². The number of hydrogen-bond donors (Lipinski definition) is 1. The predicted molar refractivity (Wildman–Crippen MR) is 168 cm³/mol. The van der Waals surface area contributed by atoms with E-state index in [1.165, 1.54) is 11.3 Å². The number of carbonyl (C=O) groups excluding carboxylic acids is 1. The quantitative estimate of drug-likeness (QED) is 0.284. The molecular weight excluding hydrogens is 548 g/mol. The highest BCUT2D eigenvalue weighted by atomic mass is 32.1. The number of aromatic hydroxyl groups is 1. The summed E-state index contributed by atoms with van der Waals surface area (Å²) < 4.78 is 13.1. The van der Waals surface area contributed by atoms with Crippen LogP contribution in [0.4, 0.5) is 0 Å². The Bertz CT molecular complexity index is 1690. The summed E-state index contributed by atoms with van der Waals surface area (Å²) in [5.74, 6) is 0.429. The highest BCUT2D eigenvalue weighted by Gasteiger charge is 2.33. The molecule has 7 nitrogen and oxygen atoms in total. The molecule has 0 radical (unpaired) electrons. The van der Waals surface area contributed by atoms with Gasteiger partial charge >= 0.3 is 5.97 Å². The highest BCUT2D eigenvalue weighted by molar-refractivity contribution is 7.07. The van der Waals surface area contributed by atoms with E-state index in [0.29, 0.717) is 33.0 Å². The van der Waals surface area contributed by atoms with Crippen molar-refractivity contribution in [2.45, 2.75) is 72.3 Å². The maximum absolute atomic E-state index is 14.1. The fourth-order valence-corrected chi connectivity index (χ4v) is 6.09. The summed E-state index contributed by atoms with van der Waals surface area (Å²) in [7, 11) is 0. The van der Waals surface area contributed by atoms with Gasteiger partial charge in [-0.25, -0.2) is 9.79 Å². The van der Waals surface area contributed by atoms with Crippen molar-refractivity contribution in [3.8, 4) is 11.5 Å². The first kappa shape index (κ1) is 31.0. The monoisotopic (exact) mass is 588 g/mol. The Morgan fingerprint density at radius 3 is 2.21 bits per heavy atom. The average Bonchev–Trinajstić information content (AvgIpc) is 3.20. The number of ether oxygens (including phenoxy) is 2. The maximum Gasteiger partial charge on any atom is 0.338 e. The summed E-state index contributed by atoms with van der Waals surface area (Å²) >= 11 is 1.27. The van der Waals surface area contributed by atoms with Gasteiger partial charge < -0.3 is 14.6 Å². The summed E-state index contributed by atoms with van der Waals surface area (Å²) in [5, 5.41) is 11.2. The van der Waals surface area contributed by atoms with Gasteiger partial charge in [-0.05, 0) is 66.1 Å². The summed E-state index contributed by atoms with van der Waals surface area (Å²) in [6.07, 6.45) is 3.51. The van der Waals surface area contributed by atoms with E-state index in [4.69, 9.17) is 9.47 Å². The number of phenolic OH excluding ortho intramolecular Hbond substituents is 1. The number of thiazole rings is 1. The Labute approximate surface area is 251 Å². The number of hydrogen-bond acceptors (Lipinski definition) is 7. The predicted octanol–water partition coefficient (Wildman–Crippen LogP) is 5.66. The van der Waals surface area contributed by atoms with Crippen molar-refractivity contribution in [1.29, 1.82) is 0 Å². The van der Waals surface area contributed by atoms with E-state index in [1.807, 2.05) is 42.5 Å². The number of fused-ring (bicyclic) bond motifs is 1. The molecule has 42 heavy (non-hydrogen) atoms. The lowest BCUT2D eigenvalue weighted by atomic mass is 9.78. The number of esters is 1. The third kappa shape index (κ3) is 6.14. The number of phenols is 1. The first-order valence-electron chi connectivity index (χ1n) is 14.1. The van der Waals surface area contributed by atoms with Crippen LogP contribution in [0.1, 0.15) is 83.7 Å². The number of nitrogens with zero attached hydrogens (tertiary/aromatic N) is 2. The topological polar surface area (TPSA) is 90.1 Å². The molecule has 0 spiro atoms. The molecule has 1 N–H and O–H groups in total. The molecule has 0 saturated heterocycles. The van der Waals surface area contributed by atoms with Crippen LogP contribution in [0.2, 0.25) is 0 Å². The molecule has 1 atom stereocenters. The van der Waals surface area contributed by atoms with Crippen LogP contribution in [-0.2, 0) is 20.4 Å². The van der Waals surface area contributed by atoms with Gasteiger partial charge in [-0.2, -0.15) is 0 Å². The zero-order valence-corrected chi connectivity index (χ0v) is 26.5. The lowest BCUT2D eigenvalue weighted by Gasteiger charge is -2.27. The first-order chi connectivity index (χ1) is 19.7. The van der Waals surface area contributed by atoms with Crippen LogP contribution in [0, 0.1) is 0 Å². The van der Waals surface area contributed by atoms with Crippen LogP contribution in [0.3, 0.4) is 0 Å². The molecule has 0 fully saturated rings. The number of aromatic nitrogens is 1. The molecule has 8 heteroatoms. The van der Waals surface area contributed by atoms with Crippen molar-refractivity contribution in [2.75, 3.05) is 13.2 Å². The zero-order chi connectivity index (χ0) is 31.0. The molecule has 1 aliphatic rings. The lowest BCUT2D eigenvalue weighted by molar-refractivity contribution is -0.139. The average molecular weight is 589 g/mol. The Kier molecular flexibility index (Phi) is 8.69. The zero-order valence-electron chi connectivity index (χ0n) is 25.7. The van der Waals surface area contributed by atoms with E-state index in [0.717, 1.165) is 22.3 Å². The van der Waals surface area contributed by atoms with Gasteiger partial charge in [0.25, 0.3) is 5.56 Å². The molecular formula is C34H40N2O5S. The summed E-state index contributed by atoms with van der Waals surface area (Å²) in [6.45, 7) is 20.1. The SMILES string of the molecule is C=CCOc1ccc([C@@H]2C(C(=O)OCC)=C(C)N=c3s/c(=C/c4cc(C(C)(C)C)c(O)c(C(C)(C)C)c4)c(=O)n32)cc1. The number of allylic oxidation sites excluding steroid dienone is 1. The molecule has 222 valence electrons. The molecule has 4 rings (SSSR count). The normalized spacial score (nSPS) is 15.7. The number of benzene rings is 2. The Balaban J connectivity index is 1.95. The standard InChI is InChI=1S/C34H40N2O5S/c1-10-16-41-23-14-12-22(13-15-23)28-27(31(39)40-11-2)20(3)35-32-36(28)30(38)26(42-32)19-21-17-24(33(4,5)6)29(37)25(18-21)34(7,8)9/h10,12-15,17-19,28,37H,1,11,16H2,2-9H3/b26-19+/t28-/m1/s1. The summed E-state index contributed by atoms with van der Waals surface area (Å²) in [4.78, 5) is 32.5. The number of rotatable bonds is 7. The second-order valence-corrected chi connectivity index (χ2v) is 13.4. The molecule has 1 aromatic heterocycles. The van der Waals surface area contributed by atoms with E-state index in [1.54, 1.807) is 24.5 Å². The lowest BCUT2D eigenvalue weighted by Crippen LogP contribution is -2.39. The molecule has 0 saturated carbocycles. The van der Waals surface area contributed by atoms with Gasteiger partial charge in [-0.3, -0.25) is 9.36 Å². The number of carbonyl (C=O) groups is 1. The molecule has 3 aromatic rings. The van der Waals surface area contributed by atoms with E-state index in [2.05, 4.69) is 53.1 Å². The molecule has 2 heterocycles. The minimum atomic E-state index is -0.717.